The van der Waals surface area contributed by atoms with E-state index in [0.717, 1.165) is 0 Å². The van der Waals surface area contributed by atoms with Gasteiger partial charge in [-0.05, 0) is 6.92 Å². The van der Waals surface area contributed by atoms with Crippen LogP contribution >= 0.6 is 11.3 Å². The zero-order valence-electron chi connectivity index (χ0n) is 7.29. The number of nitro groups is 1. The summed E-state index contributed by atoms with van der Waals surface area (Å²) in [5.41, 5.74) is -0.465. The number of ketones is 1. The molecule has 0 amide bonds. The number of carbonyl (C=O) groups excluding carboxylic acids is 1. The highest BCUT2D eigenvalue weighted by Gasteiger charge is 2.41. The fourth-order valence-electron chi connectivity index (χ4n) is 0.905. The lowest BCUT2D eigenvalue weighted by Gasteiger charge is -2.00. The zero-order chi connectivity index (χ0) is 11.8. The third kappa shape index (κ3) is 2.32. The molecule has 82 valence electrons. The molecule has 0 saturated carbocycles. The predicted molar refractivity (Wildman–Crippen MR) is 46.1 cm³/mol. The summed E-state index contributed by atoms with van der Waals surface area (Å²) in [4.78, 5) is 19.6. The van der Waals surface area contributed by atoms with E-state index in [1.54, 1.807) is 0 Å². The standard InChI is InChI=1S/C7H4F3NO3S/c1-3-4(11(13)14)2-5(15-3)6(12)7(8,9)10/h2H,1H3. The molecule has 0 spiro atoms. The van der Waals surface area contributed by atoms with E-state index in [-0.39, 0.29) is 4.88 Å². The minimum absolute atomic E-state index is 0.0765. The Morgan fingerprint density at radius 2 is 2.07 bits per heavy atom. The summed E-state index contributed by atoms with van der Waals surface area (Å²) in [6.45, 7) is 1.29. The molecule has 1 rings (SSSR count). The molecule has 0 atom stereocenters. The van der Waals surface area contributed by atoms with E-state index in [1.807, 2.05) is 0 Å². The Labute approximate surface area is 85.5 Å². The van der Waals surface area contributed by atoms with Crippen LogP contribution in [0.25, 0.3) is 0 Å². The van der Waals surface area contributed by atoms with Crippen molar-refractivity contribution in [1.82, 2.24) is 0 Å². The van der Waals surface area contributed by atoms with Gasteiger partial charge in [-0.25, -0.2) is 0 Å². The number of rotatable bonds is 2. The Morgan fingerprint density at radius 1 is 1.53 bits per heavy atom. The first-order valence-electron chi connectivity index (χ1n) is 3.60. The molecule has 0 N–H and O–H groups in total. The van der Waals surface area contributed by atoms with E-state index < -0.39 is 27.4 Å². The van der Waals surface area contributed by atoms with Gasteiger partial charge in [-0.2, -0.15) is 13.2 Å². The average molecular weight is 239 g/mol. The molecule has 0 fully saturated rings. The highest BCUT2D eigenvalue weighted by molar-refractivity contribution is 7.14. The maximum absolute atomic E-state index is 12.0. The first-order chi connectivity index (χ1) is 6.73. The fourth-order valence-corrected chi connectivity index (χ4v) is 1.85. The summed E-state index contributed by atoms with van der Waals surface area (Å²) in [5.74, 6) is -2.05. The van der Waals surface area contributed by atoms with Gasteiger partial charge >= 0.3 is 6.18 Å². The van der Waals surface area contributed by atoms with Crippen LogP contribution in [0.4, 0.5) is 18.9 Å². The van der Waals surface area contributed by atoms with Crippen molar-refractivity contribution >= 4 is 22.8 Å². The number of nitrogens with zero attached hydrogens (tertiary/aromatic N) is 1. The number of halogens is 3. The molecule has 0 saturated heterocycles. The van der Waals surface area contributed by atoms with Crippen LogP contribution in [0.2, 0.25) is 0 Å². The molecular formula is C7H4F3NO3S. The minimum atomic E-state index is -4.99. The Morgan fingerprint density at radius 3 is 2.40 bits per heavy atom. The Kier molecular flexibility index (Phi) is 2.80. The summed E-state index contributed by atoms with van der Waals surface area (Å²) >= 11 is 0.466. The molecule has 0 bridgehead atoms. The van der Waals surface area contributed by atoms with Crippen LogP contribution in [0.1, 0.15) is 14.5 Å². The SMILES string of the molecule is Cc1sc(C(=O)C(F)(F)F)cc1[N+](=O)[O-]. The monoisotopic (exact) mass is 239 g/mol. The number of thiophene rings is 1. The first kappa shape index (κ1) is 11.6. The first-order valence-corrected chi connectivity index (χ1v) is 4.41. The second-order valence-corrected chi connectivity index (χ2v) is 3.89. The molecule has 0 aliphatic heterocycles. The third-order valence-electron chi connectivity index (χ3n) is 1.57. The molecule has 15 heavy (non-hydrogen) atoms. The van der Waals surface area contributed by atoms with Crippen molar-refractivity contribution in [2.45, 2.75) is 13.1 Å². The maximum Gasteiger partial charge on any atom is 0.455 e. The molecular weight excluding hydrogens is 235 g/mol. The van der Waals surface area contributed by atoms with Crippen molar-refractivity contribution in [3.63, 3.8) is 0 Å². The van der Waals surface area contributed by atoms with E-state index in [2.05, 4.69) is 0 Å². The van der Waals surface area contributed by atoms with Gasteiger partial charge in [0.1, 0.15) is 0 Å². The van der Waals surface area contributed by atoms with Gasteiger partial charge in [-0.15, -0.1) is 11.3 Å². The number of hydrogen-bond donors (Lipinski definition) is 0. The molecule has 8 heteroatoms. The number of hydrogen-bond acceptors (Lipinski definition) is 4. The zero-order valence-corrected chi connectivity index (χ0v) is 8.11. The second-order valence-electron chi connectivity index (χ2n) is 2.64. The van der Waals surface area contributed by atoms with E-state index >= 15 is 0 Å². The smallest absolute Gasteiger partial charge is 0.283 e. The van der Waals surface area contributed by atoms with Gasteiger partial charge in [-0.3, -0.25) is 14.9 Å². The van der Waals surface area contributed by atoms with Gasteiger partial charge in [-0.1, -0.05) is 0 Å². The quantitative estimate of drug-likeness (QED) is 0.453. The minimum Gasteiger partial charge on any atom is -0.283 e. The Hall–Kier alpha value is -1.44. The van der Waals surface area contributed by atoms with Gasteiger partial charge < -0.3 is 0 Å². The van der Waals surface area contributed by atoms with E-state index in [0.29, 0.717) is 17.4 Å². The summed E-state index contributed by atoms with van der Waals surface area (Å²) < 4.78 is 35.9. The number of Topliss-reactive ketones (excluding diaryl/α,β-unsaturated/α-hetero) is 1. The summed E-state index contributed by atoms with van der Waals surface area (Å²) in [6.07, 6.45) is -4.99. The van der Waals surface area contributed by atoms with Crippen molar-refractivity contribution < 1.29 is 22.9 Å². The molecule has 4 nitrogen and oxygen atoms in total. The van der Waals surface area contributed by atoms with Crippen LogP contribution < -0.4 is 0 Å². The van der Waals surface area contributed by atoms with Gasteiger partial charge in [0.2, 0.25) is 0 Å². The highest BCUT2D eigenvalue weighted by Crippen LogP contribution is 2.32. The number of alkyl halides is 3. The Bertz CT molecular complexity index is 424. The van der Waals surface area contributed by atoms with Crippen LogP contribution in [-0.4, -0.2) is 16.9 Å². The van der Waals surface area contributed by atoms with Gasteiger partial charge in [0.25, 0.3) is 11.5 Å². The maximum atomic E-state index is 12.0. The van der Waals surface area contributed by atoms with Gasteiger partial charge in [0.05, 0.1) is 14.7 Å². The summed E-state index contributed by atoms with van der Waals surface area (Å²) in [6, 6.07) is 0.649. The van der Waals surface area contributed by atoms with E-state index in [4.69, 9.17) is 0 Å². The molecule has 1 aromatic rings. The second kappa shape index (κ2) is 3.61. The topological polar surface area (TPSA) is 60.2 Å². The van der Waals surface area contributed by atoms with Crippen LogP contribution in [0.5, 0.6) is 0 Å². The molecule has 0 radical (unpaired) electrons. The normalized spacial score (nSPS) is 11.5. The lowest BCUT2D eigenvalue weighted by molar-refractivity contribution is -0.385. The average Bonchev–Trinajstić information content (AvgIpc) is 2.44. The Balaban J connectivity index is 3.14. The van der Waals surface area contributed by atoms with E-state index in [1.165, 1.54) is 6.92 Å². The van der Waals surface area contributed by atoms with Gasteiger partial charge in [0.15, 0.2) is 0 Å². The molecule has 1 aromatic heterocycles. The lowest BCUT2D eigenvalue weighted by atomic mass is 10.3. The lowest BCUT2D eigenvalue weighted by Crippen LogP contribution is -2.21. The number of carbonyl (C=O) groups is 1. The van der Waals surface area contributed by atoms with Crippen molar-refractivity contribution in [2.75, 3.05) is 0 Å². The molecule has 0 aliphatic carbocycles. The van der Waals surface area contributed by atoms with Crippen molar-refractivity contribution in [2.24, 2.45) is 0 Å². The molecule has 0 unspecified atom stereocenters. The molecule has 0 aliphatic rings. The van der Waals surface area contributed by atoms with Crippen LogP contribution in [0.3, 0.4) is 0 Å². The van der Waals surface area contributed by atoms with Crippen LogP contribution in [0, 0.1) is 17.0 Å². The predicted octanol–water partition coefficient (Wildman–Crippen LogP) is 2.71. The molecule has 0 aromatic carbocycles. The largest absolute Gasteiger partial charge is 0.455 e. The van der Waals surface area contributed by atoms with Crippen molar-refractivity contribution in [1.29, 1.82) is 0 Å². The van der Waals surface area contributed by atoms with Crippen LogP contribution in [0.15, 0.2) is 6.07 Å². The summed E-state index contributed by atoms with van der Waals surface area (Å²) in [5, 5.41) is 10.3. The van der Waals surface area contributed by atoms with Crippen LogP contribution in [-0.2, 0) is 0 Å². The summed E-state index contributed by atoms with van der Waals surface area (Å²) in [7, 11) is 0. The number of aryl methyl sites for hydroxylation is 1. The molecule has 1 heterocycles. The van der Waals surface area contributed by atoms with Gasteiger partial charge in [0, 0.05) is 6.07 Å². The van der Waals surface area contributed by atoms with Crippen molar-refractivity contribution in [3.8, 4) is 0 Å². The highest BCUT2D eigenvalue weighted by atomic mass is 32.1. The fraction of sp³-hybridized carbons (Fsp3) is 0.286. The third-order valence-corrected chi connectivity index (χ3v) is 2.61. The van der Waals surface area contributed by atoms with E-state index in [9.17, 15) is 28.1 Å². The van der Waals surface area contributed by atoms with Crippen molar-refractivity contribution in [3.05, 3.63) is 25.9 Å².